The Hall–Kier alpha value is 0.280. The summed E-state index contributed by atoms with van der Waals surface area (Å²) in [4.78, 5) is 0. The molecule has 0 aromatic heterocycles. The lowest BCUT2D eigenvalue weighted by molar-refractivity contribution is -0.0546. The molecule has 66 valence electrons. The predicted octanol–water partition coefficient (Wildman–Crippen LogP) is -0.469. The summed E-state index contributed by atoms with van der Waals surface area (Å²) >= 11 is 3.29. The smallest absolute Gasteiger partial charge is 0.193 e. The van der Waals surface area contributed by atoms with E-state index in [1.807, 2.05) is 11.9 Å². The third kappa shape index (κ3) is 2.66. The van der Waals surface area contributed by atoms with Gasteiger partial charge in [0.05, 0.1) is 6.61 Å². The topological polar surface area (TPSA) is 48.6 Å². The highest BCUT2D eigenvalue weighted by Crippen LogP contribution is 1.97. The Bertz CT molecular complexity index is 115. The molecule has 0 spiro atoms. The molecule has 11 heavy (non-hydrogen) atoms. The third-order valence-electron chi connectivity index (χ3n) is 1.37. The number of hydrogen-bond acceptors (Lipinski definition) is 5. The van der Waals surface area contributed by atoms with Crippen molar-refractivity contribution < 1.29 is 4.74 Å². The van der Waals surface area contributed by atoms with Crippen LogP contribution in [0.2, 0.25) is 0 Å². The molecule has 1 fully saturated rings. The molecule has 1 aliphatic rings. The van der Waals surface area contributed by atoms with E-state index in [4.69, 9.17) is 4.74 Å². The summed E-state index contributed by atoms with van der Waals surface area (Å²) in [5, 5.41) is 2.77. The largest absolute Gasteiger partial charge is 0.346 e. The van der Waals surface area contributed by atoms with Crippen LogP contribution in [0.3, 0.4) is 0 Å². The van der Waals surface area contributed by atoms with Gasteiger partial charge in [0.2, 0.25) is 0 Å². The number of ether oxygens (including phenoxy) is 1. The first-order chi connectivity index (χ1) is 5.38. The van der Waals surface area contributed by atoms with Crippen molar-refractivity contribution >= 4 is 15.9 Å². The summed E-state index contributed by atoms with van der Waals surface area (Å²) in [5.41, 5.74) is 8.58. The number of alkyl halides is 1. The van der Waals surface area contributed by atoms with Crippen LogP contribution < -0.4 is 16.5 Å². The fraction of sp³-hybridized carbons (Fsp3) is 1.00. The molecule has 1 unspecified atom stereocenters. The standard InChI is InChI=1S/C5H13BrN4O/c1-2-10-5(7-8-9-10)11-4-3-6/h5,7-9H,2-4H2,1H3. The first kappa shape index (κ1) is 9.37. The third-order valence-corrected chi connectivity index (χ3v) is 1.70. The summed E-state index contributed by atoms with van der Waals surface area (Å²) in [7, 11) is 0. The Kier molecular flexibility index (Phi) is 4.28. The zero-order valence-electron chi connectivity index (χ0n) is 6.43. The van der Waals surface area contributed by atoms with E-state index >= 15 is 0 Å². The monoisotopic (exact) mass is 224 g/mol. The number of hydrogen-bond donors (Lipinski definition) is 3. The molecule has 1 heterocycles. The zero-order valence-corrected chi connectivity index (χ0v) is 8.02. The SMILES string of the molecule is CCN1NNNC1OCCBr. The number of rotatable bonds is 4. The Labute approximate surface area is 74.5 Å². The van der Waals surface area contributed by atoms with Crippen LogP contribution >= 0.6 is 15.9 Å². The van der Waals surface area contributed by atoms with Crippen LogP contribution in [0.15, 0.2) is 0 Å². The summed E-state index contributed by atoms with van der Waals surface area (Å²) < 4.78 is 5.40. The van der Waals surface area contributed by atoms with E-state index < -0.39 is 0 Å². The minimum absolute atomic E-state index is 0.0717. The lowest BCUT2D eigenvalue weighted by Crippen LogP contribution is -2.41. The maximum atomic E-state index is 5.40. The Morgan fingerprint density at radius 3 is 3.09 bits per heavy atom. The van der Waals surface area contributed by atoms with Gasteiger partial charge in [-0.25, -0.2) is 5.43 Å². The van der Waals surface area contributed by atoms with E-state index in [9.17, 15) is 0 Å². The average Bonchev–Trinajstić information content (AvgIpc) is 2.47. The molecular formula is C5H13BrN4O. The fourth-order valence-corrected chi connectivity index (χ4v) is 1.02. The van der Waals surface area contributed by atoms with E-state index in [1.54, 1.807) is 0 Å². The van der Waals surface area contributed by atoms with Crippen molar-refractivity contribution in [2.75, 3.05) is 18.5 Å². The number of halogens is 1. The molecule has 0 saturated carbocycles. The minimum atomic E-state index is -0.0717. The molecule has 1 saturated heterocycles. The highest BCUT2D eigenvalue weighted by atomic mass is 79.9. The Morgan fingerprint density at radius 1 is 1.64 bits per heavy atom. The van der Waals surface area contributed by atoms with Crippen LogP contribution in [0.25, 0.3) is 0 Å². The van der Waals surface area contributed by atoms with E-state index in [0.29, 0.717) is 6.61 Å². The second kappa shape index (κ2) is 5.02. The van der Waals surface area contributed by atoms with E-state index in [0.717, 1.165) is 11.9 Å². The molecule has 0 bridgehead atoms. The number of nitrogens with zero attached hydrogens (tertiary/aromatic N) is 1. The van der Waals surface area contributed by atoms with Gasteiger partial charge in [0, 0.05) is 11.9 Å². The molecule has 0 radical (unpaired) electrons. The molecule has 0 aromatic rings. The second-order valence-corrected chi connectivity index (χ2v) is 2.87. The quantitative estimate of drug-likeness (QED) is 0.565. The number of nitrogens with one attached hydrogen (secondary N) is 3. The zero-order chi connectivity index (χ0) is 8.10. The Morgan fingerprint density at radius 2 is 2.45 bits per heavy atom. The molecule has 1 atom stereocenters. The molecule has 0 aliphatic carbocycles. The maximum absolute atomic E-state index is 5.40. The van der Waals surface area contributed by atoms with Crippen LogP contribution in [0.5, 0.6) is 0 Å². The highest BCUT2D eigenvalue weighted by Gasteiger charge is 2.21. The van der Waals surface area contributed by atoms with Gasteiger partial charge < -0.3 is 4.74 Å². The Balaban J connectivity index is 2.20. The summed E-state index contributed by atoms with van der Waals surface area (Å²) in [5.74, 6) is 0. The van der Waals surface area contributed by atoms with E-state index in [1.165, 1.54) is 0 Å². The molecule has 1 rings (SSSR count). The highest BCUT2D eigenvalue weighted by molar-refractivity contribution is 9.09. The van der Waals surface area contributed by atoms with Crippen molar-refractivity contribution in [2.24, 2.45) is 0 Å². The summed E-state index contributed by atoms with van der Waals surface area (Å²) in [6, 6.07) is 0. The first-order valence-corrected chi connectivity index (χ1v) is 4.71. The van der Waals surface area contributed by atoms with Gasteiger partial charge in [0.15, 0.2) is 6.35 Å². The van der Waals surface area contributed by atoms with Gasteiger partial charge in [-0.05, 0) is 0 Å². The first-order valence-electron chi connectivity index (χ1n) is 3.59. The van der Waals surface area contributed by atoms with Crippen LogP contribution in [-0.4, -0.2) is 29.8 Å². The summed E-state index contributed by atoms with van der Waals surface area (Å²) in [6.07, 6.45) is -0.0717. The molecule has 6 heteroatoms. The number of hydrazine groups is 3. The maximum Gasteiger partial charge on any atom is 0.193 e. The van der Waals surface area contributed by atoms with Gasteiger partial charge in [0.25, 0.3) is 0 Å². The van der Waals surface area contributed by atoms with Crippen LogP contribution in [0.4, 0.5) is 0 Å². The van der Waals surface area contributed by atoms with Crippen molar-refractivity contribution in [3.8, 4) is 0 Å². The molecule has 0 aromatic carbocycles. The molecular weight excluding hydrogens is 212 g/mol. The van der Waals surface area contributed by atoms with Crippen LogP contribution in [0, 0.1) is 0 Å². The van der Waals surface area contributed by atoms with Crippen molar-refractivity contribution in [1.82, 2.24) is 21.5 Å². The lowest BCUT2D eigenvalue weighted by Gasteiger charge is -2.19. The molecule has 0 amide bonds. The molecule has 5 nitrogen and oxygen atoms in total. The molecule has 1 aliphatic heterocycles. The van der Waals surface area contributed by atoms with Crippen molar-refractivity contribution in [3.05, 3.63) is 0 Å². The van der Waals surface area contributed by atoms with Crippen molar-refractivity contribution in [1.29, 1.82) is 0 Å². The summed E-state index contributed by atoms with van der Waals surface area (Å²) in [6.45, 7) is 3.62. The van der Waals surface area contributed by atoms with Gasteiger partial charge >= 0.3 is 0 Å². The van der Waals surface area contributed by atoms with Crippen molar-refractivity contribution in [2.45, 2.75) is 13.3 Å². The lowest BCUT2D eigenvalue weighted by atomic mass is 10.7. The fourth-order valence-electron chi connectivity index (χ4n) is 0.835. The minimum Gasteiger partial charge on any atom is -0.346 e. The van der Waals surface area contributed by atoms with Gasteiger partial charge in [-0.1, -0.05) is 22.9 Å². The second-order valence-electron chi connectivity index (χ2n) is 2.08. The van der Waals surface area contributed by atoms with E-state index in [-0.39, 0.29) is 6.35 Å². The van der Waals surface area contributed by atoms with Gasteiger partial charge in [-0.3, -0.25) is 0 Å². The van der Waals surface area contributed by atoms with E-state index in [2.05, 4.69) is 32.4 Å². The van der Waals surface area contributed by atoms with Crippen LogP contribution in [-0.2, 0) is 4.74 Å². The van der Waals surface area contributed by atoms with Crippen LogP contribution in [0.1, 0.15) is 6.92 Å². The van der Waals surface area contributed by atoms with Crippen molar-refractivity contribution in [3.63, 3.8) is 0 Å². The molecule has 3 N–H and O–H groups in total. The average molecular weight is 225 g/mol. The predicted molar refractivity (Wildman–Crippen MR) is 45.3 cm³/mol. The van der Waals surface area contributed by atoms with Gasteiger partial charge in [-0.15, -0.1) is 0 Å². The van der Waals surface area contributed by atoms with Gasteiger partial charge in [0.1, 0.15) is 0 Å². The van der Waals surface area contributed by atoms with Gasteiger partial charge in [-0.2, -0.15) is 16.1 Å². The normalized spacial score (nSPS) is 26.2.